The summed E-state index contributed by atoms with van der Waals surface area (Å²) in [6, 6.07) is 12.8. The van der Waals surface area contributed by atoms with E-state index in [-0.39, 0.29) is 5.82 Å². The quantitative estimate of drug-likeness (QED) is 0.901. The maximum Gasteiger partial charge on any atom is 0.124 e. The van der Waals surface area contributed by atoms with Crippen LogP contribution in [0.2, 0.25) is 0 Å². The summed E-state index contributed by atoms with van der Waals surface area (Å²) in [7, 11) is 1.65. The van der Waals surface area contributed by atoms with E-state index in [1.165, 1.54) is 12.1 Å². The second kappa shape index (κ2) is 6.68. The number of hydrogen-bond acceptors (Lipinski definition) is 2. The molecule has 0 aromatic heterocycles. The fourth-order valence-corrected chi connectivity index (χ4v) is 2.36. The van der Waals surface area contributed by atoms with Crippen molar-refractivity contribution in [1.82, 2.24) is 5.32 Å². The van der Waals surface area contributed by atoms with Crippen molar-refractivity contribution in [2.75, 3.05) is 7.11 Å². The highest BCUT2D eigenvalue weighted by molar-refractivity contribution is 9.10. The van der Waals surface area contributed by atoms with Crippen LogP contribution in [0.4, 0.5) is 4.39 Å². The molecule has 2 nitrogen and oxygen atoms in total. The minimum absolute atomic E-state index is 0.229. The van der Waals surface area contributed by atoms with Gasteiger partial charge < -0.3 is 10.1 Å². The van der Waals surface area contributed by atoms with Crippen LogP contribution >= 0.6 is 15.9 Å². The average Bonchev–Trinajstić information content (AvgIpc) is 2.38. The number of halogens is 2. The van der Waals surface area contributed by atoms with Crippen molar-refractivity contribution >= 4 is 15.9 Å². The summed E-state index contributed by atoms with van der Waals surface area (Å²) in [5, 5.41) is 3.28. The van der Waals surface area contributed by atoms with E-state index in [0.29, 0.717) is 13.1 Å². The lowest BCUT2D eigenvalue weighted by Crippen LogP contribution is -2.12. The maximum absolute atomic E-state index is 13.2. The molecule has 0 saturated heterocycles. The average molecular weight is 324 g/mol. The monoisotopic (exact) mass is 323 g/mol. The molecule has 1 N–H and O–H groups in total. The Balaban J connectivity index is 1.92. The lowest BCUT2D eigenvalue weighted by atomic mass is 10.2. The minimum Gasteiger partial charge on any atom is -0.497 e. The lowest BCUT2D eigenvalue weighted by Gasteiger charge is -2.07. The maximum atomic E-state index is 13.2. The molecule has 0 heterocycles. The molecule has 0 amide bonds. The Morgan fingerprint density at radius 2 is 1.89 bits per heavy atom. The second-order valence-corrected chi connectivity index (χ2v) is 5.15. The van der Waals surface area contributed by atoms with Crippen LogP contribution in [0.1, 0.15) is 11.1 Å². The van der Waals surface area contributed by atoms with Crippen LogP contribution in [0.25, 0.3) is 0 Å². The van der Waals surface area contributed by atoms with Gasteiger partial charge in [-0.2, -0.15) is 0 Å². The number of hydrogen-bond donors (Lipinski definition) is 1. The molecule has 2 aromatic carbocycles. The summed E-state index contributed by atoms with van der Waals surface area (Å²) >= 11 is 3.28. The number of benzene rings is 2. The summed E-state index contributed by atoms with van der Waals surface area (Å²) in [5.74, 6) is 0.611. The Morgan fingerprint density at radius 1 is 1.11 bits per heavy atom. The third-order valence-corrected chi connectivity index (χ3v) is 3.17. The van der Waals surface area contributed by atoms with Crippen molar-refractivity contribution in [3.05, 3.63) is 63.9 Å². The summed E-state index contributed by atoms with van der Waals surface area (Å²) in [6.45, 7) is 1.33. The molecular weight excluding hydrogens is 309 g/mol. The van der Waals surface area contributed by atoms with Gasteiger partial charge in [-0.25, -0.2) is 4.39 Å². The van der Waals surface area contributed by atoms with Gasteiger partial charge in [-0.1, -0.05) is 28.1 Å². The molecule has 4 heteroatoms. The SMILES string of the molecule is COc1cccc(CNCc2cc(F)cc(Br)c2)c1. The number of rotatable bonds is 5. The highest BCUT2D eigenvalue weighted by Crippen LogP contribution is 2.15. The van der Waals surface area contributed by atoms with Gasteiger partial charge in [0.1, 0.15) is 11.6 Å². The molecule has 2 rings (SSSR count). The summed E-state index contributed by atoms with van der Waals surface area (Å²) < 4.78 is 19.1. The number of methoxy groups -OCH3 is 1. The smallest absolute Gasteiger partial charge is 0.124 e. The zero-order valence-electron chi connectivity index (χ0n) is 10.6. The van der Waals surface area contributed by atoms with Gasteiger partial charge >= 0.3 is 0 Å². The van der Waals surface area contributed by atoms with Crippen molar-refractivity contribution < 1.29 is 9.13 Å². The lowest BCUT2D eigenvalue weighted by molar-refractivity contribution is 0.414. The molecular formula is C15H15BrFNO. The van der Waals surface area contributed by atoms with Crippen LogP contribution in [0.5, 0.6) is 5.75 Å². The molecule has 0 bridgehead atoms. The first kappa shape index (κ1) is 14.0. The molecule has 0 atom stereocenters. The van der Waals surface area contributed by atoms with Crippen molar-refractivity contribution in [1.29, 1.82) is 0 Å². The second-order valence-electron chi connectivity index (χ2n) is 4.23. The molecule has 0 aliphatic carbocycles. The topological polar surface area (TPSA) is 21.3 Å². The highest BCUT2D eigenvalue weighted by atomic mass is 79.9. The molecule has 100 valence electrons. The Morgan fingerprint density at radius 3 is 2.63 bits per heavy atom. The van der Waals surface area contributed by atoms with Crippen LogP contribution in [0.3, 0.4) is 0 Å². The zero-order chi connectivity index (χ0) is 13.7. The minimum atomic E-state index is -0.229. The predicted molar refractivity (Wildman–Crippen MR) is 77.6 cm³/mol. The molecule has 0 radical (unpaired) electrons. The fourth-order valence-electron chi connectivity index (χ4n) is 1.85. The first-order valence-electron chi connectivity index (χ1n) is 5.96. The van der Waals surface area contributed by atoms with Gasteiger partial charge in [0.25, 0.3) is 0 Å². The van der Waals surface area contributed by atoms with E-state index in [9.17, 15) is 4.39 Å². The third kappa shape index (κ3) is 4.33. The van der Waals surface area contributed by atoms with E-state index in [4.69, 9.17) is 4.74 Å². The molecule has 0 fully saturated rings. The standard InChI is InChI=1S/C15H15BrFNO/c1-19-15-4-2-3-11(7-15)9-18-10-12-5-13(16)8-14(17)6-12/h2-8,18H,9-10H2,1H3. The summed E-state index contributed by atoms with van der Waals surface area (Å²) in [4.78, 5) is 0. The van der Waals surface area contributed by atoms with Crippen molar-refractivity contribution in [3.63, 3.8) is 0 Å². The predicted octanol–water partition coefficient (Wildman–Crippen LogP) is 3.89. The molecule has 19 heavy (non-hydrogen) atoms. The van der Waals surface area contributed by atoms with Crippen LogP contribution in [-0.2, 0) is 13.1 Å². The molecule has 0 aliphatic rings. The van der Waals surface area contributed by atoms with Gasteiger partial charge in [0.15, 0.2) is 0 Å². The zero-order valence-corrected chi connectivity index (χ0v) is 12.2. The van der Waals surface area contributed by atoms with Gasteiger partial charge in [-0.3, -0.25) is 0 Å². The Labute approximate surface area is 120 Å². The van der Waals surface area contributed by atoms with Gasteiger partial charge in [0.05, 0.1) is 7.11 Å². The van der Waals surface area contributed by atoms with Crippen LogP contribution in [0.15, 0.2) is 46.9 Å². The van der Waals surface area contributed by atoms with E-state index in [0.717, 1.165) is 21.3 Å². The van der Waals surface area contributed by atoms with Crippen molar-refractivity contribution in [2.45, 2.75) is 13.1 Å². The van der Waals surface area contributed by atoms with E-state index in [1.807, 2.05) is 30.3 Å². The largest absolute Gasteiger partial charge is 0.497 e. The van der Waals surface area contributed by atoms with E-state index in [2.05, 4.69) is 21.2 Å². The molecule has 0 aliphatic heterocycles. The first-order chi connectivity index (χ1) is 9.17. The highest BCUT2D eigenvalue weighted by Gasteiger charge is 2.00. The molecule has 0 spiro atoms. The Hall–Kier alpha value is -1.39. The third-order valence-electron chi connectivity index (χ3n) is 2.71. The first-order valence-corrected chi connectivity index (χ1v) is 6.75. The van der Waals surface area contributed by atoms with Gasteiger partial charge in [-0.15, -0.1) is 0 Å². The number of nitrogens with one attached hydrogen (secondary N) is 1. The molecule has 0 saturated carbocycles. The van der Waals surface area contributed by atoms with Gasteiger partial charge in [0, 0.05) is 17.6 Å². The summed E-state index contributed by atoms with van der Waals surface area (Å²) in [5.41, 5.74) is 2.05. The normalized spacial score (nSPS) is 10.5. The van der Waals surface area contributed by atoms with Crippen molar-refractivity contribution in [2.24, 2.45) is 0 Å². The fraction of sp³-hybridized carbons (Fsp3) is 0.200. The van der Waals surface area contributed by atoms with Gasteiger partial charge in [-0.05, 0) is 41.5 Å². The van der Waals surface area contributed by atoms with Crippen molar-refractivity contribution in [3.8, 4) is 5.75 Å². The molecule has 2 aromatic rings. The van der Waals surface area contributed by atoms with Gasteiger partial charge in [0.2, 0.25) is 0 Å². The van der Waals surface area contributed by atoms with Crippen LogP contribution < -0.4 is 10.1 Å². The Kier molecular flexibility index (Phi) is 4.93. The Bertz CT molecular complexity index is 539. The van der Waals surface area contributed by atoms with E-state index in [1.54, 1.807) is 7.11 Å². The number of ether oxygens (including phenoxy) is 1. The van der Waals surface area contributed by atoms with E-state index >= 15 is 0 Å². The van der Waals surface area contributed by atoms with E-state index < -0.39 is 0 Å². The van der Waals surface area contributed by atoms with Crippen LogP contribution in [-0.4, -0.2) is 7.11 Å². The van der Waals surface area contributed by atoms with Crippen LogP contribution in [0, 0.1) is 5.82 Å². The summed E-state index contributed by atoms with van der Waals surface area (Å²) in [6.07, 6.45) is 0. The molecule has 0 unspecified atom stereocenters.